The molecule has 0 saturated carbocycles. The minimum atomic E-state index is 0.268. The third-order valence-corrected chi connectivity index (χ3v) is 3.64. The van der Waals surface area contributed by atoms with Crippen molar-refractivity contribution in [2.75, 3.05) is 6.54 Å². The van der Waals surface area contributed by atoms with Crippen LogP contribution in [0.3, 0.4) is 0 Å². The molecule has 0 spiro atoms. The van der Waals surface area contributed by atoms with Crippen molar-refractivity contribution in [1.82, 2.24) is 14.9 Å². The number of nitrogens with zero attached hydrogens (tertiary/aromatic N) is 2. The summed E-state index contributed by atoms with van der Waals surface area (Å²) in [5.41, 5.74) is 1.26. The Hall–Kier alpha value is -1.68. The van der Waals surface area contributed by atoms with E-state index in [0.717, 1.165) is 24.5 Å². The van der Waals surface area contributed by atoms with Crippen LogP contribution >= 0.6 is 12.2 Å². The van der Waals surface area contributed by atoms with Gasteiger partial charge in [0, 0.05) is 31.4 Å². The highest BCUT2D eigenvalue weighted by Gasteiger charge is 2.09. The monoisotopic (exact) mass is 273 g/mol. The van der Waals surface area contributed by atoms with Crippen molar-refractivity contribution >= 4 is 17.2 Å². The van der Waals surface area contributed by atoms with Crippen LogP contribution in [0, 0.1) is 0 Å². The average Bonchev–Trinajstić information content (AvgIpc) is 2.96. The van der Waals surface area contributed by atoms with Gasteiger partial charge in [0.25, 0.3) is 0 Å². The number of nitrogens with one attached hydrogen (secondary N) is 1. The van der Waals surface area contributed by atoms with E-state index in [4.69, 9.17) is 12.2 Å². The second kappa shape index (κ2) is 7.04. The van der Waals surface area contributed by atoms with E-state index >= 15 is 0 Å². The molecule has 0 aliphatic rings. The molecule has 0 unspecified atom stereocenters. The molecule has 0 aliphatic heterocycles. The highest BCUT2D eigenvalue weighted by atomic mass is 32.1. The molecule has 0 fully saturated rings. The third kappa shape index (κ3) is 4.17. The molecule has 2 aromatic rings. The minimum Gasteiger partial charge on any atom is -0.379 e. The van der Waals surface area contributed by atoms with E-state index in [9.17, 15) is 0 Å². The molecular formula is C15H19N3S. The van der Waals surface area contributed by atoms with E-state index in [1.165, 1.54) is 5.56 Å². The van der Waals surface area contributed by atoms with E-state index < -0.39 is 0 Å². The number of rotatable bonds is 6. The van der Waals surface area contributed by atoms with Gasteiger partial charge in [-0.15, -0.1) is 0 Å². The van der Waals surface area contributed by atoms with E-state index in [0.29, 0.717) is 0 Å². The molecule has 1 N–H and O–H groups in total. The molecule has 19 heavy (non-hydrogen) atoms. The zero-order chi connectivity index (χ0) is 13.5. The largest absolute Gasteiger partial charge is 0.379 e. The summed E-state index contributed by atoms with van der Waals surface area (Å²) in [4.78, 5) is 4.93. The van der Waals surface area contributed by atoms with Gasteiger partial charge in [-0.05, 0) is 12.0 Å². The lowest BCUT2D eigenvalue weighted by atomic mass is 10.0. The Balaban J connectivity index is 1.72. The van der Waals surface area contributed by atoms with Gasteiger partial charge < -0.3 is 9.88 Å². The van der Waals surface area contributed by atoms with Gasteiger partial charge in [0.15, 0.2) is 0 Å². The van der Waals surface area contributed by atoms with E-state index in [-0.39, 0.29) is 5.92 Å². The lowest BCUT2D eigenvalue weighted by Crippen LogP contribution is -2.27. The highest BCUT2D eigenvalue weighted by Crippen LogP contribution is 2.15. The molecule has 2 rings (SSSR count). The van der Waals surface area contributed by atoms with Gasteiger partial charge in [-0.25, -0.2) is 4.98 Å². The molecule has 4 heteroatoms. The van der Waals surface area contributed by atoms with Crippen molar-refractivity contribution in [3.63, 3.8) is 0 Å². The lowest BCUT2D eigenvalue weighted by Gasteiger charge is -2.15. The predicted octanol–water partition coefficient (Wildman–Crippen LogP) is 2.99. The van der Waals surface area contributed by atoms with Crippen LogP contribution in [0.2, 0.25) is 0 Å². The SMILES string of the molecule is C[C@H](C(=S)NCCCn1ccnc1)c1ccccc1. The van der Waals surface area contributed by atoms with Crippen LogP contribution in [0.1, 0.15) is 24.8 Å². The van der Waals surface area contributed by atoms with E-state index in [1.807, 2.05) is 30.7 Å². The number of aryl methyl sites for hydroxylation is 1. The first kappa shape index (κ1) is 13.7. The Morgan fingerprint density at radius 3 is 2.84 bits per heavy atom. The normalized spacial score (nSPS) is 12.1. The Bertz CT molecular complexity index is 493. The standard InChI is InChI=1S/C15H19N3S/c1-13(14-6-3-2-4-7-14)15(19)17-8-5-10-18-11-9-16-12-18/h2-4,6-7,9,11-13H,5,8,10H2,1H3,(H,17,19)/t13-/m0/s1. The predicted molar refractivity (Wildman–Crippen MR) is 82.3 cm³/mol. The first-order chi connectivity index (χ1) is 9.27. The summed E-state index contributed by atoms with van der Waals surface area (Å²) >= 11 is 5.44. The summed E-state index contributed by atoms with van der Waals surface area (Å²) in [6.45, 7) is 4.00. The quantitative estimate of drug-likeness (QED) is 0.648. The molecule has 3 nitrogen and oxygen atoms in total. The Morgan fingerprint density at radius 1 is 1.37 bits per heavy atom. The van der Waals surface area contributed by atoms with Crippen LogP contribution in [0.5, 0.6) is 0 Å². The number of hydrogen-bond donors (Lipinski definition) is 1. The van der Waals surface area contributed by atoms with Crippen molar-refractivity contribution in [2.24, 2.45) is 0 Å². The first-order valence-corrected chi connectivity index (χ1v) is 6.96. The van der Waals surface area contributed by atoms with Gasteiger partial charge in [0.05, 0.1) is 11.3 Å². The average molecular weight is 273 g/mol. The topological polar surface area (TPSA) is 29.9 Å². The molecule has 0 bridgehead atoms. The number of aromatic nitrogens is 2. The Labute approximate surface area is 119 Å². The molecule has 1 heterocycles. The van der Waals surface area contributed by atoms with Crippen LogP contribution in [0.4, 0.5) is 0 Å². The maximum absolute atomic E-state index is 5.44. The fourth-order valence-corrected chi connectivity index (χ4v) is 2.18. The summed E-state index contributed by atoms with van der Waals surface area (Å²) in [6.07, 6.45) is 6.66. The summed E-state index contributed by atoms with van der Waals surface area (Å²) in [5, 5.41) is 3.34. The molecule has 1 aromatic heterocycles. The number of thiocarbonyl (C=S) groups is 1. The fraction of sp³-hybridized carbons (Fsp3) is 0.333. The van der Waals surface area contributed by atoms with Crippen molar-refractivity contribution in [2.45, 2.75) is 25.8 Å². The Morgan fingerprint density at radius 2 is 2.16 bits per heavy atom. The van der Waals surface area contributed by atoms with Gasteiger partial charge in [-0.3, -0.25) is 0 Å². The molecule has 0 saturated heterocycles. The molecule has 0 aliphatic carbocycles. The fourth-order valence-electron chi connectivity index (χ4n) is 1.94. The van der Waals surface area contributed by atoms with E-state index in [1.54, 1.807) is 6.20 Å². The third-order valence-electron chi connectivity index (χ3n) is 3.14. The molecule has 1 atom stereocenters. The van der Waals surface area contributed by atoms with Crippen molar-refractivity contribution in [3.05, 3.63) is 54.6 Å². The maximum atomic E-state index is 5.44. The van der Waals surface area contributed by atoms with Gasteiger partial charge in [0.2, 0.25) is 0 Å². The van der Waals surface area contributed by atoms with Gasteiger partial charge in [-0.2, -0.15) is 0 Å². The van der Waals surface area contributed by atoms with Gasteiger partial charge in [-0.1, -0.05) is 49.5 Å². The second-order valence-corrected chi connectivity index (χ2v) is 5.02. The summed E-state index contributed by atoms with van der Waals surface area (Å²) < 4.78 is 2.07. The molecule has 0 amide bonds. The van der Waals surface area contributed by atoms with Crippen LogP contribution in [0.25, 0.3) is 0 Å². The molecule has 1 aromatic carbocycles. The van der Waals surface area contributed by atoms with Crippen LogP contribution in [0.15, 0.2) is 49.1 Å². The van der Waals surface area contributed by atoms with Crippen molar-refractivity contribution in [1.29, 1.82) is 0 Å². The van der Waals surface area contributed by atoms with Crippen LogP contribution < -0.4 is 5.32 Å². The Kier molecular flexibility index (Phi) is 5.10. The summed E-state index contributed by atoms with van der Waals surface area (Å²) in [5.74, 6) is 0.268. The van der Waals surface area contributed by atoms with Gasteiger partial charge >= 0.3 is 0 Å². The van der Waals surface area contributed by atoms with Gasteiger partial charge in [0.1, 0.15) is 0 Å². The number of imidazole rings is 1. The zero-order valence-electron chi connectivity index (χ0n) is 11.1. The smallest absolute Gasteiger partial charge is 0.0945 e. The highest BCUT2D eigenvalue weighted by molar-refractivity contribution is 7.80. The number of hydrogen-bond acceptors (Lipinski definition) is 2. The molecular weight excluding hydrogens is 254 g/mol. The molecule has 100 valence electrons. The molecule has 0 radical (unpaired) electrons. The second-order valence-electron chi connectivity index (χ2n) is 4.58. The summed E-state index contributed by atoms with van der Waals surface area (Å²) in [7, 11) is 0. The zero-order valence-corrected chi connectivity index (χ0v) is 11.9. The van der Waals surface area contributed by atoms with Crippen LogP contribution in [-0.2, 0) is 6.54 Å². The maximum Gasteiger partial charge on any atom is 0.0945 e. The first-order valence-electron chi connectivity index (χ1n) is 6.56. The summed E-state index contributed by atoms with van der Waals surface area (Å²) in [6, 6.07) is 10.4. The van der Waals surface area contributed by atoms with Crippen LogP contribution in [-0.4, -0.2) is 21.1 Å². The van der Waals surface area contributed by atoms with Crippen molar-refractivity contribution < 1.29 is 0 Å². The minimum absolute atomic E-state index is 0.268. The van der Waals surface area contributed by atoms with E-state index in [2.05, 4.69) is 33.9 Å². The lowest BCUT2D eigenvalue weighted by molar-refractivity contribution is 0.629. The number of benzene rings is 1. The van der Waals surface area contributed by atoms with Crippen molar-refractivity contribution in [3.8, 4) is 0 Å².